The number of nitrogens with one attached hydrogen (secondary N) is 1. The van der Waals surface area contributed by atoms with Gasteiger partial charge in [-0.25, -0.2) is 19.6 Å². The van der Waals surface area contributed by atoms with Crippen LogP contribution in [-0.2, 0) is 75.2 Å². The second kappa shape index (κ2) is 35.0. The fourth-order valence-electron chi connectivity index (χ4n) is 5.61. The van der Waals surface area contributed by atoms with E-state index in [0.29, 0.717) is 42.9 Å². The quantitative estimate of drug-likeness (QED) is 0.0955. The van der Waals surface area contributed by atoms with Crippen molar-refractivity contribution >= 4 is 48.5 Å². The normalized spacial score (nSPS) is 13.6. The topological polar surface area (TPSA) is 299 Å². The molecule has 3 aliphatic carbocycles. The van der Waals surface area contributed by atoms with Crippen molar-refractivity contribution in [2.75, 3.05) is 41.5 Å². The second-order valence-corrected chi connectivity index (χ2v) is 15.9. The first-order valence-corrected chi connectivity index (χ1v) is 22.8. The molecule has 5 aliphatic rings. The number of H-pyrrole nitrogens is 1. The second-order valence-electron chi connectivity index (χ2n) is 15.9. The Labute approximate surface area is 431 Å². The molecular formula is C52H58N6O17. The highest BCUT2D eigenvalue weighted by molar-refractivity contribution is 5.98. The highest BCUT2D eigenvalue weighted by Crippen LogP contribution is 2.27. The van der Waals surface area contributed by atoms with Crippen molar-refractivity contribution in [2.45, 2.75) is 90.7 Å². The van der Waals surface area contributed by atoms with Crippen molar-refractivity contribution < 1.29 is 76.3 Å². The summed E-state index contributed by atoms with van der Waals surface area (Å²) in [5.74, 6) is 6.21. The van der Waals surface area contributed by atoms with Gasteiger partial charge in [0.25, 0.3) is 5.56 Å². The number of rotatable bonds is 11. The largest absolute Gasteiger partial charge is 0.497 e. The molecule has 0 spiro atoms. The van der Waals surface area contributed by atoms with E-state index in [0.717, 1.165) is 85.3 Å². The molecule has 3 fully saturated rings. The fraction of sp³-hybridized carbons (Fsp3) is 0.385. The molecule has 3 saturated carbocycles. The zero-order valence-corrected chi connectivity index (χ0v) is 42.5. The van der Waals surface area contributed by atoms with Crippen LogP contribution in [0.2, 0.25) is 0 Å². The Morgan fingerprint density at radius 2 is 1.07 bits per heavy atom. The number of aromatic amines is 1. The summed E-state index contributed by atoms with van der Waals surface area (Å²) in [6.45, 7) is 8.78. The van der Waals surface area contributed by atoms with Crippen molar-refractivity contribution in [3.8, 4) is 29.2 Å². The molecule has 9 rings (SSSR count). The molecule has 4 aromatic rings. The maximum Gasteiger partial charge on any atom is 0.384 e. The molecule has 0 unspecified atom stereocenters. The Hall–Kier alpha value is -9.21. The van der Waals surface area contributed by atoms with Gasteiger partial charge in [-0.3, -0.25) is 24.1 Å². The van der Waals surface area contributed by atoms with Gasteiger partial charge in [-0.15, -0.1) is 5.10 Å². The average Bonchev–Trinajstić information content (AvgIpc) is 4.37. The van der Waals surface area contributed by atoms with Gasteiger partial charge in [-0.05, 0) is 100 Å². The van der Waals surface area contributed by atoms with E-state index in [1.165, 1.54) is 38.2 Å². The Bertz CT molecular complexity index is 2750. The number of benzene rings is 2. The smallest absolute Gasteiger partial charge is 0.384 e. The van der Waals surface area contributed by atoms with E-state index >= 15 is 0 Å². The Kier molecular flexibility index (Phi) is 28.9. The summed E-state index contributed by atoms with van der Waals surface area (Å²) in [6.07, 6.45) is 13.6. The number of esters is 2. The third-order valence-corrected chi connectivity index (χ3v) is 9.77. The predicted molar refractivity (Wildman–Crippen MR) is 262 cm³/mol. The van der Waals surface area contributed by atoms with Crippen molar-refractivity contribution in [2.24, 2.45) is 9.98 Å². The summed E-state index contributed by atoms with van der Waals surface area (Å²) in [7, 11) is 5.67. The summed E-state index contributed by atoms with van der Waals surface area (Å²) in [4.78, 5) is 98.8. The van der Waals surface area contributed by atoms with Crippen molar-refractivity contribution in [3.05, 3.63) is 117 Å². The minimum absolute atomic E-state index is 0.0639. The molecule has 0 bridgehead atoms. The molecule has 4 heterocycles. The lowest BCUT2D eigenvalue weighted by atomic mass is 10.2. The van der Waals surface area contributed by atoms with E-state index < -0.39 is 11.9 Å². The van der Waals surface area contributed by atoms with E-state index in [2.05, 4.69) is 55.6 Å². The number of aliphatic imine (C=N–C) groups is 2. The van der Waals surface area contributed by atoms with E-state index in [9.17, 15) is 19.2 Å². The molecule has 0 atom stereocenters. The van der Waals surface area contributed by atoms with Crippen LogP contribution in [-0.4, -0.2) is 128 Å². The number of hydrogen-bond acceptors (Lipinski definition) is 20. The van der Waals surface area contributed by atoms with Gasteiger partial charge in [-0.2, -0.15) is 28.8 Å². The maximum absolute atomic E-state index is 11.1. The summed E-state index contributed by atoms with van der Waals surface area (Å²) >= 11 is 0. The highest BCUT2D eigenvalue weighted by atomic mass is 16.5. The minimum atomic E-state index is -0.759. The summed E-state index contributed by atoms with van der Waals surface area (Å²) in [5.41, 5.74) is 6.32. The van der Waals surface area contributed by atoms with Gasteiger partial charge in [0.1, 0.15) is 36.1 Å². The van der Waals surface area contributed by atoms with Gasteiger partial charge < -0.3 is 33.2 Å². The Morgan fingerprint density at radius 3 is 1.44 bits per heavy atom. The van der Waals surface area contributed by atoms with Crippen molar-refractivity contribution in [3.63, 3.8) is 0 Å². The minimum Gasteiger partial charge on any atom is -0.497 e. The van der Waals surface area contributed by atoms with Crippen molar-refractivity contribution in [1.29, 1.82) is 0 Å². The number of aldehydes is 1. The summed E-state index contributed by atoms with van der Waals surface area (Å²) < 4.78 is 38.8. The van der Waals surface area contributed by atoms with Crippen LogP contribution >= 0.6 is 0 Å². The number of ether oxygens (including phenoxy) is 7. The predicted octanol–water partition coefficient (Wildman–Crippen LogP) is 4.14. The van der Waals surface area contributed by atoms with E-state index in [4.69, 9.17) is 52.5 Å². The number of nitrogens with zero attached hydrogens (tertiary/aromatic N) is 5. The maximum atomic E-state index is 11.1. The highest BCUT2D eigenvalue weighted by Gasteiger charge is 2.26. The third-order valence-electron chi connectivity index (χ3n) is 9.77. The van der Waals surface area contributed by atoms with E-state index in [-0.39, 0.29) is 24.0 Å². The average molecular weight is 1040 g/mol. The summed E-state index contributed by atoms with van der Waals surface area (Å²) in [6, 6.07) is 19.4. The number of aryl methyl sites for hydroxylation is 2. The van der Waals surface area contributed by atoms with Crippen LogP contribution in [0.5, 0.6) is 17.4 Å². The van der Waals surface area contributed by atoms with Crippen LogP contribution in [0.15, 0.2) is 98.7 Å². The molecule has 0 amide bonds. The van der Waals surface area contributed by atoms with E-state index in [1.807, 2.05) is 76.7 Å². The van der Waals surface area contributed by atoms with E-state index in [1.54, 1.807) is 26.4 Å². The van der Waals surface area contributed by atoms with Crippen LogP contribution < -0.4 is 19.8 Å². The third kappa shape index (κ3) is 27.3. The van der Waals surface area contributed by atoms with Crippen molar-refractivity contribution in [1.82, 2.24) is 19.6 Å². The zero-order valence-electron chi connectivity index (χ0n) is 42.5. The lowest BCUT2D eigenvalue weighted by molar-refractivity contribution is -0.193. The Morgan fingerprint density at radius 1 is 0.627 bits per heavy atom. The number of carbonyl (C=O) groups excluding carboxylic acids is 9. The number of methoxy groups -OCH3 is 4. The molecule has 2 aliphatic heterocycles. The summed E-state index contributed by atoms with van der Waals surface area (Å²) in [5, 5.41) is 7.24. The number of hydrogen-bond donors (Lipinski definition) is 1. The van der Waals surface area contributed by atoms with Gasteiger partial charge in [0.15, 0.2) is 0 Å². The van der Waals surface area contributed by atoms with Gasteiger partial charge in [0, 0.05) is 53.1 Å². The van der Waals surface area contributed by atoms with Gasteiger partial charge in [0.05, 0.1) is 54.6 Å². The fourth-order valence-corrected chi connectivity index (χ4v) is 5.61. The first kappa shape index (κ1) is 61.9. The SMILES string of the molecule is CC1=CC(OC2CC2)=NC1.COC(=O)C#CC(=O)OC.COc1ccc(Cn2[nH]c(=O)cc2C)cc1.COc1ccc(Cn2nc(OC3CC3)cc2C)cc1.O=C=O.O=C=O.O=C=O.O=CC1=CC(OC2CC2)=NC1. The first-order valence-electron chi connectivity index (χ1n) is 22.8. The molecule has 2 aromatic heterocycles. The zero-order chi connectivity index (χ0) is 55.5. The van der Waals surface area contributed by atoms with Crippen LogP contribution in [0.3, 0.4) is 0 Å². The van der Waals surface area contributed by atoms with Crippen LogP contribution in [0.4, 0.5) is 0 Å². The number of carbonyl (C=O) groups is 3. The molecule has 2 aromatic carbocycles. The van der Waals surface area contributed by atoms with Crippen LogP contribution in [0.1, 0.15) is 68.0 Å². The van der Waals surface area contributed by atoms with Gasteiger partial charge in [-0.1, -0.05) is 24.3 Å². The van der Waals surface area contributed by atoms with Crippen LogP contribution in [0.25, 0.3) is 0 Å². The standard InChI is InChI=1S/C15H18N2O2.C12H14N2O2.C8H9NO2.C8H11NO.C6H6O4.3CO2/c1-11-9-15(19-14-7-8-14)16-17(11)10-12-3-5-13(18-2)6-4-12;1-9-7-12(15)13-14(9)8-10-3-5-11(16-2)6-4-10;10-5-6-3-8(9-4-6)11-7-1-2-7;1-6-4-8(9-5-6)10-7-2-3-7;1-9-5(7)3-4-6(8)10-2;3*2-1-3/h3-6,9,14H,7-8,10H2,1-2H3;3-7H,8H2,1-2H3,(H,13,15);3,5,7H,1-2,4H2;4,7H,2-3,5H2,1H3;1-2H3;;;. The molecular weight excluding hydrogens is 981 g/mol. The van der Waals surface area contributed by atoms with Gasteiger partial charge in [0.2, 0.25) is 17.7 Å². The lowest BCUT2D eigenvalue weighted by Gasteiger charge is -2.06. The molecule has 0 radical (unpaired) electrons. The molecule has 23 heteroatoms. The molecule has 75 heavy (non-hydrogen) atoms. The molecule has 398 valence electrons. The molecule has 0 saturated heterocycles. The lowest BCUT2D eigenvalue weighted by Crippen LogP contribution is -2.07. The number of aromatic nitrogens is 4. The molecule has 23 nitrogen and oxygen atoms in total. The monoisotopic (exact) mass is 1040 g/mol. The first-order chi connectivity index (χ1) is 36.1. The Balaban J connectivity index is 0.000000315. The van der Waals surface area contributed by atoms with Gasteiger partial charge >= 0.3 is 30.4 Å². The molecule has 1 N–H and O–H groups in total. The van der Waals surface area contributed by atoms with Crippen LogP contribution in [0, 0.1) is 25.7 Å².